The van der Waals surface area contributed by atoms with Gasteiger partial charge in [-0.25, -0.2) is 0 Å². The van der Waals surface area contributed by atoms with E-state index in [1.807, 2.05) is 0 Å². The van der Waals surface area contributed by atoms with Crippen molar-refractivity contribution in [2.24, 2.45) is 11.3 Å². The monoisotopic (exact) mass is 227 g/mol. The number of carbonyl (C=O) groups is 1. The van der Waals surface area contributed by atoms with Gasteiger partial charge in [-0.2, -0.15) is 12.6 Å². The molecule has 2 saturated carbocycles. The van der Waals surface area contributed by atoms with Gasteiger partial charge in [-0.15, -0.1) is 0 Å². The van der Waals surface area contributed by atoms with Gasteiger partial charge in [0, 0.05) is 13.0 Å². The van der Waals surface area contributed by atoms with Crippen LogP contribution in [0.4, 0.5) is 0 Å². The van der Waals surface area contributed by atoms with E-state index in [-0.39, 0.29) is 11.3 Å². The molecular weight excluding hydrogens is 206 g/mol. The van der Waals surface area contributed by atoms with E-state index in [1.165, 1.54) is 32.1 Å². The van der Waals surface area contributed by atoms with Crippen molar-refractivity contribution in [1.29, 1.82) is 0 Å². The van der Waals surface area contributed by atoms with E-state index in [4.69, 9.17) is 0 Å². The van der Waals surface area contributed by atoms with E-state index in [0.29, 0.717) is 6.42 Å². The van der Waals surface area contributed by atoms with Crippen LogP contribution in [-0.4, -0.2) is 18.2 Å². The summed E-state index contributed by atoms with van der Waals surface area (Å²) in [5, 5.41) is 3.02. The number of hydrogen-bond acceptors (Lipinski definition) is 2. The van der Waals surface area contributed by atoms with Crippen LogP contribution in [0.2, 0.25) is 0 Å². The van der Waals surface area contributed by atoms with Gasteiger partial charge in [0.25, 0.3) is 0 Å². The molecule has 0 atom stereocenters. The van der Waals surface area contributed by atoms with Crippen molar-refractivity contribution in [3.8, 4) is 0 Å². The molecule has 1 N–H and O–H groups in total. The minimum atomic E-state index is 0.234. The largest absolute Gasteiger partial charge is 0.356 e. The molecule has 0 aromatic heterocycles. The third-order valence-corrected chi connectivity index (χ3v) is 4.31. The molecule has 0 spiro atoms. The van der Waals surface area contributed by atoms with Crippen LogP contribution in [0.15, 0.2) is 0 Å². The highest BCUT2D eigenvalue weighted by atomic mass is 32.1. The highest BCUT2D eigenvalue weighted by Gasteiger charge is 2.42. The maximum Gasteiger partial charge on any atom is 0.220 e. The Balaban J connectivity index is 1.52. The predicted octanol–water partition coefficient (Wildman–Crippen LogP) is 2.39. The zero-order valence-corrected chi connectivity index (χ0v) is 10.2. The Hall–Kier alpha value is -0.180. The van der Waals surface area contributed by atoms with Crippen molar-refractivity contribution in [2.45, 2.75) is 44.9 Å². The molecular formula is C12H21NOS. The second-order valence-electron chi connectivity index (χ2n) is 5.27. The summed E-state index contributed by atoms with van der Waals surface area (Å²) in [4.78, 5) is 11.6. The molecule has 0 heterocycles. The number of nitrogens with one attached hydrogen (secondary N) is 1. The lowest BCUT2D eigenvalue weighted by molar-refractivity contribution is -0.122. The molecule has 0 unspecified atom stereocenters. The van der Waals surface area contributed by atoms with Crippen LogP contribution in [-0.2, 0) is 4.79 Å². The minimum absolute atomic E-state index is 0.234. The molecule has 0 aromatic rings. The summed E-state index contributed by atoms with van der Waals surface area (Å²) in [6, 6.07) is 0. The van der Waals surface area contributed by atoms with Crippen LogP contribution in [0, 0.1) is 11.3 Å². The summed E-state index contributed by atoms with van der Waals surface area (Å²) < 4.78 is 0. The fourth-order valence-corrected chi connectivity index (χ4v) is 2.42. The standard InChI is InChI=1S/C12H21NOS/c14-11(8-12(9-15)5-6-12)13-7-1-2-10-3-4-10/h10,15H,1-9H2,(H,13,14). The molecule has 2 aliphatic rings. The fourth-order valence-electron chi connectivity index (χ4n) is 2.00. The lowest BCUT2D eigenvalue weighted by atomic mass is 10.1. The highest BCUT2D eigenvalue weighted by Crippen LogP contribution is 2.49. The van der Waals surface area contributed by atoms with Gasteiger partial charge in [-0.1, -0.05) is 12.8 Å². The average Bonchev–Trinajstić information content (AvgIpc) is 3.09. The summed E-state index contributed by atoms with van der Waals surface area (Å²) in [7, 11) is 0. The number of rotatable bonds is 7. The van der Waals surface area contributed by atoms with Crippen molar-refractivity contribution >= 4 is 18.5 Å². The van der Waals surface area contributed by atoms with Gasteiger partial charge in [0.1, 0.15) is 0 Å². The zero-order chi connectivity index (χ0) is 10.7. The van der Waals surface area contributed by atoms with Gasteiger partial charge in [-0.3, -0.25) is 4.79 Å². The quantitative estimate of drug-likeness (QED) is 0.507. The molecule has 0 saturated heterocycles. The Labute approximate surface area is 97.6 Å². The van der Waals surface area contributed by atoms with Crippen molar-refractivity contribution < 1.29 is 4.79 Å². The molecule has 2 aliphatic carbocycles. The molecule has 0 radical (unpaired) electrons. The molecule has 86 valence electrons. The topological polar surface area (TPSA) is 29.1 Å². The molecule has 3 heteroatoms. The normalized spacial score (nSPS) is 22.5. The van der Waals surface area contributed by atoms with Crippen molar-refractivity contribution in [3.63, 3.8) is 0 Å². The lowest BCUT2D eigenvalue weighted by Crippen LogP contribution is -2.27. The van der Waals surface area contributed by atoms with Gasteiger partial charge < -0.3 is 5.32 Å². The Morgan fingerprint density at radius 2 is 2.13 bits per heavy atom. The number of thiol groups is 1. The molecule has 0 aliphatic heterocycles. The molecule has 2 nitrogen and oxygen atoms in total. The van der Waals surface area contributed by atoms with E-state index in [2.05, 4.69) is 17.9 Å². The zero-order valence-electron chi connectivity index (χ0n) is 9.30. The molecule has 0 bridgehead atoms. The van der Waals surface area contributed by atoms with Crippen molar-refractivity contribution in [1.82, 2.24) is 5.32 Å². The first kappa shape index (κ1) is 11.3. The molecule has 2 rings (SSSR count). The summed E-state index contributed by atoms with van der Waals surface area (Å²) in [5.74, 6) is 2.08. The van der Waals surface area contributed by atoms with Crippen LogP contribution in [0.25, 0.3) is 0 Å². The summed E-state index contributed by atoms with van der Waals surface area (Å²) >= 11 is 4.30. The van der Waals surface area contributed by atoms with Crippen LogP contribution in [0.5, 0.6) is 0 Å². The van der Waals surface area contributed by atoms with Crippen LogP contribution >= 0.6 is 12.6 Å². The van der Waals surface area contributed by atoms with Gasteiger partial charge >= 0.3 is 0 Å². The first-order valence-electron chi connectivity index (χ1n) is 6.12. The maximum absolute atomic E-state index is 11.6. The molecule has 2 fully saturated rings. The minimum Gasteiger partial charge on any atom is -0.356 e. The second kappa shape index (κ2) is 4.77. The Morgan fingerprint density at radius 3 is 2.67 bits per heavy atom. The van der Waals surface area contributed by atoms with Gasteiger partial charge in [-0.05, 0) is 42.8 Å². The second-order valence-corrected chi connectivity index (χ2v) is 5.59. The summed E-state index contributed by atoms with van der Waals surface area (Å²) in [6.45, 7) is 0.873. The highest BCUT2D eigenvalue weighted by molar-refractivity contribution is 7.80. The van der Waals surface area contributed by atoms with Gasteiger partial charge in [0.15, 0.2) is 0 Å². The lowest BCUT2D eigenvalue weighted by Gasteiger charge is -2.11. The fraction of sp³-hybridized carbons (Fsp3) is 0.917. The van der Waals surface area contributed by atoms with Gasteiger partial charge in [0.05, 0.1) is 0 Å². The Bertz CT molecular complexity index is 234. The smallest absolute Gasteiger partial charge is 0.220 e. The third kappa shape index (κ3) is 3.71. The number of carbonyl (C=O) groups excluding carboxylic acids is 1. The van der Waals surface area contributed by atoms with E-state index < -0.39 is 0 Å². The van der Waals surface area contributed by atoms with Crippen LogP contribution in [0.3, 0.4) is 0 Å². The SMILES string of the molecule is O=C(CC1(CS)CC1)NCCCC1CC1. The van der Waals surface area contributed by atoms with Crippen LogP contribution < -0.4 is 5.32 Å². The van der Waals surface area contributed by atoms with E-state index in [0.717, 1.165) is 24.6 Å². The number of hydrogen-bond donors (Lipinski definition) is 2. The first-order valence-corrected chi connectivity index (χ1v) is 6.75. The van der Waals surface area contributed by atoms with Crippen LogP contribution in [0.1, 0.15) is 44.9 Å². The van der Waals surface area contributed by atoms with E-state index in [9.17, 15) is 4.79 Å². The van der Waals surface area contributed by atoms with E-state index in [1.54, 1.807) is 0 Å². The first-order chi connectivity index (χ1) is 7.24. The van der Waals surface area contributed by atoms with Crippen molar-refractivity contribution in [2.75, 3.05) is 12.3 Å². The van der Waals surface area contributed by atoms with E-state index >= 15 is 0 Å². The summed E-state index contributed by atoms with van der Waals surface area (Å²) in [5.41, 5.74) is 0.268. The Kier molecular flexibility index (Phi) is 3.60. The average molecular weight is 227 g/mol. The van der Waals surface area contributed by atoms with Crippen molar-refractivity contribution in [3.05, 3.63) is 0 Å². The predicted molar refractivity (Wildman–Crippen MR) is 65.1 cm³/mol. The van der Waals surface area contributed by atoms with Gasteiger partial charge in [0.2, 0.25) is 5.91 Å². The molecule has 0 aromatic carbocycles. The molecule has 15 heavy (non-hydrogen) atoms. The molecule has 1 amide bonds. The summed E-state index contributed by atoms with van der Waals surface area (Å²) in [6.07, 6.45) is 8.35. The number of amides is 1. The third-order valence-electron chi connectivity index (χ3n) is 3.64. The Morgan fingerprint density at radius 1 is 1.40 bits per heavy atom. The maximum atomic E-state index is 11.6.